The first-order valence-electron chi connectivity index (χ1n) is 5.59. The van der Waals surface area contributed by atoms with Gasteiger partial charge in [-0.2, -0.15) is 0 Å². The lowest BCUT2D eigenvalue weighted by atomic mass is 9.93. The molecule has 0 saturated carbocycles. The van der Waals surface area contributed by atoms with Crippen LogP contribution in [0.5, 0.6) is 0 Å². The molecule has 0 saturated heterocycles. The third kappa shape index (κ3) is 2.34. The molecule has 4 N–H and O–H groups in total. The van der Waals surface area contributed by atoms with E-state index in [4.69, 9.17) is 10.2 Å². The maximum absolute atomic E-state index is 9.88. The molecule has 1 aromatic carbocycles. The second-order valence-electron chi connectivity index (χ2n) is 4.19. The Morgan fingerprint density at radius 1 is 1.17 bits per heavy atom. The molecule has 0 heterocycles. The van der Waals surface area contributed by atoms with Crippen LogP contribution in [0.25, 0.3) is 6.08 Å². The van der Waals surface area contributed by atoms with E-state index < -0.39 is 25.0 Å². The highest BCUT2D eigenvalue weighted by atomic mass is 16.4. The van der Waals surface area contributed by atoms with Gasteiger partial charge in [-0.25, -0.2) is 4.99 Å². The summed E-state index contributed by atoms with van der Waals surface area (Å²) in [6.45, 7) is -1.43. The summed E-state index contributed by atoms with van der Waals surface area (Å²) in [5.41, 5.74) is -0.208. The van der Waals surface area contributed by atoms with Gasteiger partial charge < -0.3 is 20.4 Å². The lowest BCUT2D eigenvalue weighted by molar-refractivity contribution is -0.0479. The van der Waals surface area contributed by atoms with Crippen molar-refractivity contribution in [3.63, 3.8) is 0 Å². The molecule has 0 amide bonds. The van der Waals surface area contributed by atoms with E-state index in [1.807, 2.05) is 12.1 Å². The van der Waals surface area contributed by atoms with Crippen LogP contribution in [0.15, 0.2) is 35.3 Å². The fraction of sp³-hybridized carbons (Fsp3) is 0.308. The summed E-state index contributed by atoms with van der Waals surface area (Å²) in [4.78, 5) is 3.90. The summed E-state index contributed by atoms with van der Waals surface area (Å²) in [5, 5.41) is 37.7. The summed E-state index contributed by atoms with van der Waals surface area (Å²) in [6.07, 6.45) is 2.33. The van der Waals surface area contributed by atoms with Crippen LogP contribution in [0, 0.1) is 0 Å². The highest BCUT2D eigenvalue weighted by Crippen LogP contribution is 2.21. The van der Waals surface area contributed by atoms with E-state index in [1.165, 1.54) is 6.08 Å². The quantitative estimate of drug-likeness (QED) is 0.583. The van der Waals surface area contributed by atoms with Gasteiger partial charge in [0.15, 0.2) is 0 Å². The summed E-state index contributed by atoms with van der Waals surface area (Å²) < 4.78 is 0. The zero-order valence-electron chi connectivity index (χ0n) is 9.69. The van der Waals surface area contributed by atoms with Gasteiger partial charge in [0.2, 0.25) is 5.72 Å². The molecule has 18 heavy (non-hydrogen) atoms. The molecular weight excluding hydrogens is 234 g/mol. The van der Waals surface area contributed by atoms with Crippen LogP contribution in [0.2, 0.25) is 0 Å². The van der Waals surface area contributed by atoms with Gasteiger partial charge in [-0.05, 0) is 11.6 Å². The molecule has 0 aliphatic heterocycles. The lowest BCUT2D eigenvalue weighted by Gasteiger charge is -2.24. The monoisotopic (exact) mass is 249 g/mol. The Morgan fingerprint density at radius 2 is 1.83 bits per heavy atom. The van der Waals surface area contributed by atoms with Gasteiger partial charge >= 0.3 is 0 Å². The topological polar surface area (TPSA) is 93.3 Å². The van der Waals surface area contributed by atoms with Crippen molar-refractivity contribution in [1.82, 2.24) is 0 Å². The van der Waals surface area contributed by atoms with Gasteiger partial charge in [0.25, 0.3) is 0 Å². The predicted octanol–water partition coefficient (Wildman–Crippen LogP) is -0.463. The van der Waals surface area contributed by atoms with Crippen LogP contribution < -0.4 is 0 Å². The highest BCUT2D eigenvalue weighted by Gasteiger charge is 2.28. The number of benzene rings is 1. The maximum atomic E-state index is 9.88. The number of hydrogen-bond donors (Lipinski definition) is 4. The van der Waals surface area contributed by atoms with Crippen LogP contribution in [0.1, 0.15) is 11.1 Å². The molecule has 5 heteroatoms. The van der Waals surface area contributed by atoms with Gasteiger partial charge in [-0.15, -0.1) is 0 Å². The molecule has 0 fully saturated rings. The van der Waals surface area contributed by atoms with Crippen molar-refractivity contribution in [3.8, 4) is 0 Å². The van der Waals surface area contributed by atoms with Crippen LogP contribution >= 0.6 is 0 Å². The van der Waals surface area contributed by atoms with Gasteiger partial charge in [-0.1, -0.05) is 30.3 Å². The normalized spacial score (nSPS) is 21.1. The average molecular weight is 249 g/mol. The SMILES string of the molecule is OCC(O)(CO)N=C1c2ccccc2C=CC1O. The third-order valence-corrected chi connectivity index (χ3v) is 2.81. The number of aliphatic imine (C=N–C) groups is 1. The van der Waals surface area contributed by atoms with Crippen LogP contribution in [-0.2, 0) is 0 Å². The predicted molar refractivity (Wildman–Crippen MR) is 67.1 cm³/mol. The number of hydrogen-bond acceptors (Lipinski definition) is 5. The number of fused-ring (bicyclic) bond motifs is 1. The number of aliphatic hydroxyl groups excluding tert-OH is 3. The third-order valence-electron chi connectivity index (χ3n) is 2.81. The smallest absolute Gasteiger partial charge is 0.202 e. The molecule has 2 rings (SSSR count). The molecule has 0 aromatic heterocycles. The number of aliphatic hydroxyl groups is 4. The summed E-state index contributed by atoms with van der Waals surface area (Å²) in [6, 6.07) is 7.25. The Balaban J connectivity index is 2.50. The highest BCUT2D eigenvalue weighted by molar-refractivity contribution is 6.09. The Kier molecular flexibility index (Phi) is 3.58. The van der Waals surface area contributed by atoms with E-state index in [2.05, 4.69) is 4.99 Å². The molecule has 96 valence electrons. The molecule has 1 atom stereocenters. The molecule has 1 aliphatic rings. The van der Waals surface area contributed by atoms with Gasteiger partial charge in [0, 0.05) is 5.56 Å². The van der Waals surface area contributed by atoms with E-state index >= 15 is 0 Å². The molecule has 0 radical (unpaired) electrons. The van der Waals surface area contributed by atoms with Gasteiger partial charge in [0.05, 0.1) is 18.9 Å². The number of nitrogens with zero attached hydrogens (tertiary/aromatic N) is 1. The van der Waals surface area contributed by atoms with Crippen LogP contribution in [0.4, 0.5) is 0 Å². The van der Waals surface area contributed by atoms with Crippen molar-refractivity contribution < 1.29 is 20.4 Å². The second kappa shape index (κ2) is 4.99. The maximum Gasteiger partial charge on any atom is 0.202 e. The first-order valence-corrected chi connectivity index (χ1v) is 5.59. The zero-order chi connectivity index (χ0) is 13.2. The summed E-state index contributed by atoms with van der Waals surface area (Å²) in [5.74, 6) is 0. The van der Waals surface area contributed by atoms with Crippen LogP contribution in [0.3, 0.4) is 0 Å². The Bertz CT molecular complexity index is 492. The Morgan fingerprint density at radius 3 is 2.50 bits per heavy atom. The average Bonchev–Trinajstić information content (AvgIpc) is 2.42. The Labute approximate surface area is 104 Å². The summed E-state index contributed by atoms with van der Waals surface area (Å²) in [7, 11) is 0. The molecule has 5 nitrogen and oxygen atoms in total. The van der Waals surface area contributed by atoms with Gasteiger partial charge in [-0.3, -0.25) is 0 Å². The van der Waals surface area contributed by atoms with Crippen molar-refractivity contribution in [2.75, 3.05) is 13.2 Å². The minimum atomic E-state index is -1.98. The largest absolute Gasteiger partial charge is 0.391 e. The minimum Gasteiger partial charge on any atom is -0.391 e. The zero-order valence-corrected chi connectivity index (χ0v) is 9.69. The van der Waals surface area contributed by atoms with Crippen molar-refractivity contribution in [2.45, 2.75) is 11.8 Å². The fourth-order valence-electron chi connectivity index (χ4n) is 1.79. The van der Waals surface area contributed by atoms with Crippen molar-refractivity contribution in [3.05, 3.63) is 41.5 Å². The first-order chi connectivity index (χ1) is 8.59. The van der Waals surface area contributed by atoms with E-state index in [0.717, 1.165) is 5.56 Å². The fourth-order valence-corrected chi connectivity index (χ4v) is 1.79. The van der Waals surface area contributed by atoms with Crippen molar-refractivity contribution in [1.29, 1.82) is 0 Å². The number of rotatable bonds is 3. The molecule has 1 aromatic rings. The Hall–Kier alpha value is -1.53. The summed E-state index contributed by atoms with van der Waals surface area (Å²) >= 11 is 0. The molecule has 0 spiro atoms. The molecule has 1 aliphatic carbocycles. The lowest BCUT2D eigenvalue weighted by Crippen LogP contribution is -2.38. The molecule has 1 unspecified atom stereocenters. The van der Waals surface area contributed by atoms with E-state index in [0.29, 0.717) is 5.56 Å². The van der Waals surface area contributed by atoms with Gasteiger partial charge in [0.1, 0.15) is 6.10 Å². The standard InChI is InChI=1S/C13H15NO4/c15-7-13(18,8-16)14-12-10-4-2-1-3-9(10)5-6-11(12)17/h1-6,11,15-18H,7-8H2. The van der Waals surface area contributed by atoms with E-state index in [9.17, 15) is 10.2 Å². The first kappa shape index (κ1) is 12.9. The van der Waals surface area contributed by atoms with E-state index in [-0.39, 0.29) is 5.71 Å². The van der Waals surface area contributed by atoms with Crippen molar-refractivity contribution in [2.24, 2.45) is 4.99 Å². The second-order valence-corrected chi connectivity index (χ2v) is 4.19. The van der Waals surface area contributed by atoms with Crippen LogP contribution in [-0.4, -0.2) is 51.2 Å². The minimum absolute atomic E-state index is 0.235. The van der Waals surface area contributed by atoms with E-state index in [1.54, 1.807) is 18.2 Å². The van der Waals surface area contributed by atoms with Crippen molar-refractivity contribution >= 4 is 11.8 Å². The molecular formula is C13H15NO4. The molecule has 0 bridgehead atoms.